The molecule has 0 N–H and O–H groups in total. The summed E-state index contributed by atoms with van der Waals surface area (Å²) in [6.07, 6.45) is 7.08. The van der Waals surface area contributed by atoms with Crippen LogP contribution in [0.15, 0.2) is 24.0 Å². The van der Waals surface area contributed by atoms with E-state index in [1.165, 1.54) is 11.3 Å². The van der Waals surface area contributed by atoms with Crippen LogP contribution in [0.4, 0.5) is 0 Å². The Balaban J connectivity index is 1.83. The second kappa shape index (κ2) is 4.81. The van der Waals surface area contributed by atoms with Gasteiger partial charge in [-0.2, -0.15) is 0 Å². The topological polar surface area (TPSA) is 59.0 Å². The van der Waals surface area contributed by atoms with Gasteiger partial charge >= 0.3 is 0 Å². The molecule has 1 amide bonds. The lowest BCUT2D eigenvalue weighted by molar-refractivity contribution is 0.0788. The molecule has 3 heterocycles. The zero-order valence-electron chi connectivity index (χ0n) is 9.74. The van der Waals surface area contributed by atoms with Crippen LogP contribution in [0.2, 0.25) is 0 Å². The van der Waals surface area contributed by atoms with Crippen LogP contribution in [-0.2, 0) is 0 Å². The fourth-order valence-electron chi connectivity index (χ4n) is 1.98. The van der Waals surface area contributed by atoms with Crippen molar-refractivity contribution in [3.8, 4) is 10.7 Å². The van der Waals surface area contributed by atoms with Crippen molar-refractivity contribution in [1.82, 2.24) is 19.9 Å². The van der Waals surface area contributed by atoms with Gasteiger partial charge in [0.25, 0.3) is 5.91 Å². The third-order valence-corrected chi connectivity index (χ3v) is 3.76. The summed E-state index contributed by atoms with van der Waals surface area (Å²) in [5, 5.41) is 2.54. The molecule has 1 saturated heterocycles. The van der Waals surface area contributed by atoms with Crippen LogP contribution in [-0.4, -0.2) is 38.8 Å². The van der Waals surface area contributed by atoms with Crippen molar-refractivity contribution in [2.45, 2.75) is 12.8 Å². The number of hydrogen-bond donors (Lipinski definition) is 0. The minimum atomic E-state index is 0.0268. The summed E-state index contributed by atoms with van der Waals surface area (Å²) in [5.41, 5.74) is 1.23. The number of rotatable bonds is 2. The molecule has 1 fully saturated rings. The first-order valence-corrected chi connectivity index (χ1v) is 6.74. The number of thiazole rings is 1. The van der Waals surface area contributed by atoms with E-state index in [1.807, 2.05) is 4.90 Å². The van der Waals surface area contributed by atoms with Crippen LogP contribution >= 0.6 is 11.3 Å². The fraction of sp³-hybridized carbons (Fsp3) is 0.333. The Bertz CT molecular complexity index is 548. The number of hydrogen-bond acceptors (Lipinski definition) is 5. The van der Waals surface area contributed by atoms with Crippen molar-refractivity contribution in [1.29, 1.82) is 0 Å². The molecule has 2 aromatic heterocycles. The number of nitrogens with zero attached hydrogens (tertiary/aromatic N) is 4. The molecular formula is C12H12N4OS. The van der Waals surface area contributed by atoms with E-state index >= 15 is 0 Å². The van der Waals surface area contributed by atoms with E-state index in [2.05, 4.69) is 15.0 Å². The Labute approximate surface area is 109 Å². The number of likely N-dealkylation sites (tertiary alicyclic amines) is 1. The second-order valence-electron chi connectivity index (χ2n) is 4.13. The average molecular weight is 260 g/mol. The molecule has 6 heteroatoms. The number of amides is 1. The van der Waals surface area contributed by atoms with E-state index in [4.69, 9.17) is 0 Å². The van der Waals surface area contributed by atoms with Gasteiger partial charge in [0, 0.05) is 30.9 Å². The molecule has 1 aliphatic heterocycles. The maximum Gasteiger partial charge on any atom is 0.273 e. The summed E-state index contributed by atoms with van der Waals surface area (Å²) in [4.78, 5) is 26.5. The van der Waals surface area contributed by atoms with E-state index in [1.54, 1.807) is 24.0 Å². The Morgan fingerprint density at radius 2 is 2.11 bits per heavy atom. The summed E-state index contributed by atoms with van der Waals surface area (Å²) in [6, 6.07) is 0. The predicted octanol–water partition coefficient (Wildman–Crippen LogP) is 1.84. The molecule has 3 rings (SSSR count). The third kappa shape index (κ3) is 2.11. The lowest BCUT2D eigenvalue weighted by atomic mass is 10.4. The van der Waals surface area contributed by atoms with Gasteiger partial charge in [-0.15, -0.1) is 11.3 Å². The van der Waals surface area contributed by atoms with Crippen LogP contribution < -0.4 is 0 Å². The van der Waals surface area contributed by atoms with E-state index in [0.29, 0.717) is 11.4 Å². The molecule has 0 bridgehead atoms. The van der Waals surface area contributed by atoms with Crippen molar-refractivity contribution < 1.29 is 4.79 Å². The first-order valence-electron chi connectivity index (χ1n) is 5.86. The zero-order valence-corrected chi connectivity index (χ0v) is 10.6. The first kappa shape index (κ1) is 11.3. The number of carbonyl (C=O) groups is 1. The van der Waals surface area contributed by atoms with Crippen LogP contribution in [0.25, 0.3) is 10.7 Å². The van der Waals surface area contributed by atoms with Gasteiger partial charge in [-0.1, -0.05) is 0 Å². The predicted molar refractivity (Wildman–Crippen MR) is 68.3 cm³/mol. The third-order valence-electron chi connectivity index (χ3n) is 2.90. The van der Waals surface area contributed by atoms with Gasteiger partial charge in [0.05, 0.1) is 6.20 Å². The standard InChI is InChI=1S/C12H12N4OS/c17-12(16-5-1-2-6-16)10-8-18-11(15-10)9-7-13-3-4-14-9/h3-4,7-8H,1-2,5-6H2. The molecule has 0 aromatic carbocycles. The largest absolute Gasteiger partial charge is 0.337 e. The van der Waals surface area contributed by atoms with E-state index < -0.39 is 0 Å². The van der Waals surface area contributed by atoms with E-state index in [9.17, 15) is 4.79 Å². The highest BCUT2D eigenvalue weighted by atomic mass is 32.1. The molecule has 5 nitrogen and oxygen atoms in total. The van der Waals surface area contributed by atoms with Gasteiger partial charge in [0.15, 0.2) is 0 Å². The summed E-state index contributed by atoms with van der Waals surface area (Å²) < 4.78 is 0. The van der Waals surface area contributed by atoms with Gasteiger partial charge in [0.2, 0.25) is 0 Å². The Kier molecular flexibility index (Phi) is 3.02. The fourth-order valence-corrected chi connectivity index (χ4v) is 2.74. The smallest absolute Gasteiger partial charge is 0.273 e. The molecule has 1 aliphatic rings. The molecule has 0 atom stereocenters. The van der Waals surface area contributed by atoms with Gasteiger partial charge in [-0.25, -0.2) is 4.98 Å². The molecule has 0 aliphatic carbocycles. The monoisotopic (exact) mass is 260 g/mol. The molecule has 0 saturated carbocycles. The van der Waals surface area contributed by atoms with E-state index in [0.717, 1.165) is 30.9 Å². The number of carbonyl (C=O) groups excluding carboxylic acids is 1. The lowest BCUT2D eigenvalue weighted by Crippen LogP contribution is -2.27. The average Bonchev–Trinajstić information content (AvgIpc) is 3.10. The second-order valence-corrected chi connectivity index (χ2v) is 4.99. The van der Waals surface area contributed by atoms with Crippen LogP contribution in [0.5, 0.6) is 0 Å². The molecule has 2 aromatic rings. The van der Waals surface area contributed by atoms with Crippen molar-refractivity contribution >= 4 is 17.2 Å². The lowest BCUT2D eigenvalue weighted by Gasteiger charge is -2.12. The highest BCUT2D eigenvalue weighted by Gasteiger charge is 2.22. The van der Waals surface area contributed by atoms with Gasteiger partial charge in [-0.3, -0.25) is 14.8 Å². The summed E-state index contributed by atoms with van der Waals surface area (Å²) in [5.74, 6) is 0.0268. The minimum absolute atomic E-state index is 0.0268. The Morgan fingerprint density at radius 1 is 1.28 bits per heavy atom. The number of aromatic nitrogens is 3. The van der Waals surface area contributed by atoms with Crippen molar-refractivity contribution in [2.75, 3.05) is 13.1 Å². The minimum Gasteiger partial charge on any atom is -0.337 e. The van der Waals surface area contributed by atoms with Gasteiger partial charge < -0.3 is 4.90 Å². The molecule has 92 valence electrons. The van der Waals surface area contributed by atoms with Crippen molar-refractivity contribution in [3.63, 3.8) is 0 Å². The van der Waals surface area contributed by atoms with E-state index in [-0.39, 0.29) is 5.91 Å². The molecule has 0 unspecified atom stereocenters. The molecule has 18 heavy (non-hydrogen) atoms. The zero-order chi connectivity index (χ0) is 12.4. The molecular weight excluding hydrogens is 248 g/mol. The van der Waals surface area contributed by atoms with Crippen molar-refractivity contribution in [3.05, 3.63) is 29.7 Å². The highest BCUT2D eigenvalue weighted by Crippen LogP contribution is 2.22. The van der Waals surface area contributed by atoms with Crippen molar-refractivity contribution in [2.24, 2.45) is 0 Å². The normalized spacial score (nSPS) is 15.0. The summed E-state index contributed by atoms with van der Waals surface area (Å²) in [7, 11) is 0. The summed E-state index contributed by atoms with van der Waals surface area (Å²) >= 11 is 1.43. The SMILES string of the molecule is O=C(c1csc(-c2cnccn2)n1)N1CCCC1. The van der Waals surface area contributed by atoms with Gasteiger partial charge in [0.1, 0.15) is 16.4 Å². The quantitative estimate of drug-likeness (QED) is 0.826. The Hall–Kier alpha value is -1.82. The first-order chi connectivity index (χ1) is 8.84. The molecule has 0 radical (unpaired) electrons. The van der Waals surface area contributed by atoms with Crippen LogP contribution in [0.1, 0.15) is 23.3 Å². The van der Waals surface area contributed by atoms with Crippen LogP contribution in [0, 0.1) is 0 Å². The maximum absolute atomic E-state index is 12.1. The maximum atomic E-state index is 12.1. The summed E-state index contributed by atoms with van der Waals surface area (Å²) in [6.45, 7) is 1.69. The van der Waals surface area contributed by atoms with Crippen LogP contribution in [0.3, 0.4) is 0 Å². The Morgan fingerprint density at radius 3 is 2.83 bits per heavy atom. The molecule has 0 spiro atoms. The highest BCUT2D eigenvalue weighted by molar-refractivity contribution is 7.13. The van der Waals surface area contributed by atoms with Gasteiger partial charge in [-0.05, 0) is 12.8 Å².